The first-order valence-corrected chi connectivity index (χ1v) is 12.5. The minimum Gasteiger partial charge on any atom is -0.466 e. The summed E-state index contributed by atoms with van der Waals surface area (Å²) in [5, 5.41) is 5.11. The first kappa shape index (κ1) is 30.2. The zero-order valence-corrected chi connectivity index (χ0v) is 22.2. The monoisotopic (exact) mass is 528 g/mol. The largest absolute Gasteiger partial charge is 0.466 e. The topological polar surface area (TPSA) is 157 Å². The van der Waals surface area contributed by atoms with Gasteiger partial charge in [-0.2, -0.15) is 0 Å². The molecule has 11 nitrogen and oxygen atoms in total. The van der Waals surface area contributed by atoms with Gasteiger partial charge in [-0.1, -0.05) is 24.1 Å². The Balaban J connectivity index is 2.44. The summed E-state index contributed by atoms with van der Waals surface area (Å²) >= 11 is 0. The molecule has 2 atom stereocenters. The van der Waals surface area contributed by atoms with E-state index in [1.165, 1.54) is 4.90 Å². The molecular weight excluding hydrogens is 492 g/mol. The van der Waals surface area contributed by atoms with Gasteiger partial charge in [0.05, 0.1) is 19.4 Å². The van der Waals surface area contributed by atoms with E-state index in [1.807, 2.05) is 0 Å². The number of nitrogens with zero attached hydrogens (tertiary/aromatic N) is 1. The maximum atomic E-state index is 13.9. The molecule has 0 aromatic heterocycles. The van der Waals surface area contributed by atoms with Crippen molar-refractivity contribution in [3.8, 4) is 12.3 Å². The van der Waals surface area contributed by atoms with E-state index >= 15 is 0 Å². The van der Waals surface area contributed by atoms with Gasteiger partial charge in [-0.15, -0.1) is 6.42 Å². The number of amides is 4. The molecule has 2 unspecified atom stereocenters. The summed E-state index contributed by atoms with van der Waals surface area (Å²) in [6, 6.07) is 3.75. The maximum Gasteiger partial charge on any atom is 0.408 e. The van der Waals surface area contributed by atoms with E-state index in [4.69, 9.17) is 21.6 Å². The number of hydrogen-bond acceptors (Lipinski definition) is 7. The highest BCUT2D eigenvalue weighted by Gasteiger charge is 2.44. The van der Waals surface area contributed by atoms with Crippen LogP contribution >= 0.6 is 0 Å². The Morgan fingerprint density at radius 3 is 2.39 bits per heavy atom. The molecule has 1 aliphatic rings. The van der Waals surface area contributed by atoms with Gasteiger partial charge in [0.15, 0.2) is 0 Å². The van der Waals surface area contributed by atoms with Gasteiger partial charge in [0.2, 0.25) is 17.7 Å². The van der Waals surface area contributed by atoms with E-state index in [0.29, 0.717) is 24.0 Å². The molecule has 4 amide bonds. The Bertz CT molecular complexity index is 1090. The van der Waals surface area contributed by atoms with E-state index in [9.17, 15) is 24.0 Å². The average Bonchev–Trinajstić information content (AvgIpc) is 3.65. The van der Waals surface area contributed by atoms with Crippen LogP contribution in [0, 0.1) is 12.3 Å². The van der Waals surface area contributed by atoms with Crippen LogP contribution in [0.5, 0.6) is 0 Å². The third kappa shape index (κ3) is 9.10. The number of primary amides is 1. The molecule has 2 rings (SSSR count). The normalized spacial score (nSPS) is 14.3. The number of carbonyl (C=O) groups excluding carboxylic acids is 5. The molecule has 0 heterocycles. The first-order chi connectivity index (χ1) is 17.9. The number of esters is 1. The molecule has 206 valence electrons. The quantitative estimate of drug-likeness (QED) is 0.274. The fourth-order valence-electron chi connectivity index (χ4n) is 3.80. The SMILES string of the molecule is C#Cc1ccccc1C(C(=O)NCCC(=O)OCC)N(C(=O)C(CC(N)=O)NC(=O)OC(C)(C)C)C1CC1. The summed E-state index contributed by atoms with van der Waals surface area (Å²) in [5.74, 6) is -0.0280. The Morgan fingerprint density at radius 1 is 1.18 bits per heavy atom. The van der Waals surface area contributed by atoms with Crippen molar-refractivity contribution in [2.45, 2.75) is 77.1 Å². The lowest BCUT2D eigenvalue weighted by Gasteiger charge is -2.35. The molecule has 1 aromatic rings. The molecule has 1 saturated carbocycles. The first-order valence-electron chi connectivity index (χ1n) is 12.5. The van der Waals surface area contributed by atoms with Crippen molar-refractivity contribution in [2.24, 2.45) is 5.73 Å². The van der Waals surface area contributed by atoms with E-state index in [2.05, 4.69) is 16.6 Å². The van der Waals surface area contributed by atoms with Crippen LogP contribution in [0.4, 0.5) is 4.79 Å². The van der Waals surface area contributed by atoms with Gasteiger partial charge >= 0.3 is 12.1 Å². The number of ether oxygens (including phenoxy) is 2. The number of nitrogens with one attached hydrogen (secondary N) is 2. The molecule has 0 aliphatic heterocycles. The molecule has 1 aliphatic carbocycles. The second kappa shape index (κ2) is 13.5. The van der Waals surface area contributed by atoms with Crippen LogP contribution in [0.1, 0.15) is 70.5 Å². The number of rotatable bonds is 12. The van der Waals surface area contributed by atoms with Gasteiger partial charge in [0, 0.05) is 18.2 Å². The molecule has 1 fully saturated rings. The van der Waals surface area contributed by atoms with Crippen LogP contribution in [0.2, 0.25) is 0 Å². The molecule has 4 N–H and O–H groups in total. The van der Waals surface area contributed by atoms with E-state index < -0.39 is 53.9 Å². The molecule has 0 bridgehead atoms. The summed E-state index contributed by atoms with van der Waals surface area (Å²) in [6.45, 7) is 6.82. The molecular formula is C27H36N4O7. The third-order valence-electron chi connectivity index (χ3n) is 5.46. The Morgan fingerprint density at radius 2 is 1.84 bits per heavy atom. The fourth-order valence-corrected chi connectivity index (χ4v) is 3.80. The van der Waals surface area contributed by atoms with Crippen molar-refractivity contribution in [3.63, 3.8) is 0 Å². The predicted molar refractivity (Wildman–Crippen MR) is 138 cm³/mol. The Labute approximate surface area is 222 Å². The highest BCUT2D eigenvalue weighted by atomic mass is 16.6. The van der Waals surface area contributed by atoms with Crippen LogP contribution in [-0.4, -0.2) is 65.5 Å². The van der Waals surface area contributed by atoms with E-state index in [-0.39, 0.29) is 25.6 Å². The number of hydrogen-bond donors (Lipinski definition) is 3. The van der Waals surface area contributed by atoms with Crippen LogP contribution in [0.15, 0.2) is 24.3 Å². The minimum atomic E-state index is -1.38. The van der Waals surface area contributed by atoms with Crippen molar-refractivity contribution in [1.82, 2.24) is 15.5 Å². The number of alkyl carbamates (subject to hydrolysis) is 1. The highest BCUT2D eigenvalue weighted by molar-refractivity contribution is 5.95. The molecule has 0 saturated heterocycles. The smallest absolute Gasteiger partial charge is 0.408 e. The molecule has 1 aromatic carbocycles. The number of carbonyl (C=O) groups is 5. The summed E-state index contributed by atoms with van der Waals surface area (Å²) < 4.78 is 10.2. The molecule has 11 heteroatoms. The minimum absolute atomic E-state index is 0.0278. The lowest BCUT2D eigenvalue weighted by molar-refractivity contribution is -0.145. The van der Waals surface area contributed by atoms with Crippen molar-refractivity contribution >= 4 is 29.8 Å². The second-order valence-corrected chi connectivity index (χ2v) is 9.83. The van der Waals surface area contributed by atoms with Gasteiger partial charge in [-0.3, -0.25) is 19.2 Å². The Kier molecular flexibility index (Phi) is 10.7. The standard InChI is InChI=1S/C27H36N4O7/c1-6-17-10-8-9-11-19(17)23(24(34)29-15-14-22(33)37-7-2)31(18-12-13-18)25(35)20(16-21(28)32)30-26(36)38-27(3,4)5/h1,8-11,18,20,23H,7,12-16H2,2-5H3,(H2,28,32)(H,29,34)(H,30,36). The third-order valence-corrected chi connectivity index (χ3v) is 5.46. The predicted octanol–water partition coefficient (Wildman–Crippen LogP) is 1.54. The van der Waals surface area contributed by atoms with E-state index in [0.717, 1.165) is 0 Å². The van der Waals surface area contributed by atoms with Crippen LogP contribution in [0.3, 0.4) is 0 Å². The average molecular weight is 529 g/mol. The van der Waals surface area contributed by atoms with E-state index in [1.54, 1.807) is 52.0 Å². The summed E-state index contributed by atoms with van der Waals surface area (Å²) in [7, 11) is 0. The number of nitrogens with two attached hydrogens (primary N) is 1. The van der Waals surface area contributed by atoms with Gasteiger partial charge in [-0.25, -0.2) is 4.79 Å². The van der Waals surface area contributed by atoms with Gasteiger partial charge in [-0.05, 0) is 52.2 Å². The molecule has 0 spiro atoms. The number of benzene rings is 1. The van der Waals surface area contributed by atoms with Crippen molar-refractivity contribution in [3.05, 3.63) is 35.4 Å². The van der Waals surface area contributed by atoms with Crippen molar-refractivity contribution < 1.29 is 33.4 Å². The van der Waals surface area contributed by atoms with Crippen LogP contribution in [-0.2, 0) is 28.7 Å². The second-order valence-electron chi connectivity index (χ2n) is 9.83. The highest BCUT2D eigenvalue weighted by Crippen LogP contribution is 2.36. The summed E-state index contributed by atoms with van der Waals surface area (Å²) in [4.78, 5) is 64.9. The Hall–Kier alpha value is -4.07. The van der Waals surface area contributed by atoms with Gasteiger partial charge in [0.25, 0.3) is 0 Å². The maximum absolute atomic E-state index is 13.9. The molecule has 38 heavy (non-hydrogen) atoms. The fraction of sp³-hybridized carbons (Fsp3) is 0.519. The van der Waals surface area contributed by atoms with Crippen LogP contribution in [0.25, 0.3) is 0 Å². The van der Waals surface area contributed by atoms with Crippen molar-refractivity contribution in [1.29, 1.82) is 0 Å². The van der Waals surface area contributed by atoms with Gasteiger partial charge < -0.3 is 30.7 Å². The zero-order valence-electron chi connectivity index (χ0n) is 22.2. The summed E-state index contributed by atoms with van der Waals surface area (Å²) in [5.41, 5.74) is 5.31. The lowest BCUT2D eigenvalue weighted by atomic mass is 9.97. The number of terminal acetylenes is 1. The lowest BCUT2D eigenvalue weighted by Crippen LogP contribution is -2.55. The zero-order chi connectivity index (χ0) is 28.5. The molecule has 0 radical (unpaired) electrons. The van der Waals surface area contributed by atoms with Crippen molar-refractivity contribution in [2.75, 3.05) is 13.2 Å². The van der Waals surface area contributed by atoms with Crippen LogP contribution < -0.4 is 16.4 Å². The van der Waals surface area contributed by atoms with Gasteiger partial charge in [0.1, 0.15) is 17.7 Å². The summed E-state index contributed by atoms with van der Waals surface area (Å²) in [6.07, 6.45) is 5.43.